The highest BCUT2D eigenvalue weighted by molar-refractivity contribution is 5.92. The number of alkyl carbamates (subject to hydrolysis) is 1. The predicted octanol–water partition coefficient (Wildman–Crippen LogP) is 1.09. The van der Waals surface area contributed by atoms with E-state index in [9.17, 15) is 24.3 Å². The fraction of sp³-hybridized carbons (Fsp3) is 0.407. The number of rotatable bonds is 13. The van der Waals surface area contributed by atoms with Gasteiger partial charge in [-0.2, -0.15) is 0 Å². The zero-order valence-corrected chi connectivity index (χ0v) is 21.2. The molecule has 0 unspecified atom stereocenters. The maximum Gasteiger partial charge on any atom is 0.407 e. The zero-order valence-electron chi connectivity index (χ0n) is 21.2. The first-order chi connectivity index (χ1) is 18.3. The number of aliphatic hydroxyl groups is 1. The number of hydrogen-bond acceptors (Lipinski definition) is 7. The molecule has 11 nitrogen and oxygen atoms in total. The molecule has 1 aliphatic carbocycles. The Labute approximate surface area is 220 Å². The summed E-state index contributed by atoms with van der Waals surface area (Å²) >= 11 is 0. The lowest BCUT2D eigenvalue weighted by Gasteiger charge is -2.23. The first kappa shape index (κ1) is 28.6. The van der Waals surface area contributed by atoms with Gasteiger partial charge in [-0.05, 0) is 55.0 Å². The fourth-order valence-electron chi connectivity index (χ4n) is 4.39. The number of carbonyl (C=O) groups is 4. The molecule has 0 aromatic heterocycles. The molecule has 0 fully saturated rings. The largest absolute Gasteiger partial charge is 0.480 e. The minimum absolute atomic E-state index is 0.0246. The van der Waals surface area contributed by atoms with Crippen LogP contribution in [0, 0.1) is 0 Å². The minimum atomic E-state index is -1.38. The third-order valence-corrected chi connectivity index (χ3v) is 6.44. The number of aliphatic carboxylic acids is 1. The van der Waals surface area contributed by atoms with Crippen molar-refractivity contribution in [1.29, 1.82) is 0 Å². The minimum Gasteiger partial charge on any atom is -0.480 e. The number of nitrogens with one attached hydrogen (secondary N) is 3. The summed E-state index contributed by atoms with van der Waals surface area (Å²) in [6.45, 7) is 0.972. The summed E-state index contributed by atoms with van der Waals surface area (Å²) in [6.07, 6.45) is 0.393. The Bertz CT molecular complexity index is 1110. The van der Waals surface area contributed by atoms with Crippen LogP contribution in [0.1, 0.15) is 43.2 Å². The highest BCUT2D eigenvalue weighted by atomic mass is 16.5. The molecule has 0 spiro atoms. The van der Waals surface area contributed by atoms with E-state index in [1.54, 1.807) is 0 Å². The molecule has 0 bridgehead atoms. The topological polar surface area (TPSA) is 180 Å². The summed E-state index contributed by atoms with van der Waals surface area (Å²) in [6, 6.07) is 12.1. The average Bonchev–Trinajstić information content (AvgIpc) is 3.23. The Balaban J connectivity index is 1.60. The number of carbonyl (C=O) groups excluding carboxylic acids is 3. The lowest BCUT2D eigenvalue weighted by Crippen LogP contribution is -2.56. The second-order valence-electron chi connectivity index (χ2n) is 9.12. The van der Waals surface area contributed by atoms with Crippen LogP contribution in [0.15, 0.2) is 48.5 Å². The molecule has 2 aromatic carbocycles. The normalized spacial score (nSPS) is 14.4. The van der Waals surface area contributed by atoms with Crippen molar-refractivity contribution in [1.82, 2.24) is 16.0 Å². The molecule has 204 valence electrons. The number of unbranched alkanes of at least 4 members (excludes halogenated alkanes) is 1. The highest BCUT2D eigenvalue weighted by Gasteiger charge is 2.31. The van der Waals surface area contributed by atoms with Crippen molar-refractivity contribution in [3.05, 3.63) is 59.7 Å². The number of carboxylic acids is 1. The van der Waals surface area contributed by atoms with Gasteiger partial charge in [0.2, 0.25) is 11.8 Å². The van der Waals surface area contributed by atoms with Crippen LogP contribution in [-0.2, 0) is 19.1 Å². The van der Waals surface area contributed by atoms with Crippen molar-refractivity contribution in [3.63, 3.8) is 0 Å². The quantitative estimate of drug-likeness (QED) is 0.210. The number of nitrogens with two attached hydrogens (primary N) is 1. The number of ether oxygens (including phenoxy) is 1. The van der Waals surface area contributed by atoms with Crippen LogP contribution < -0.4 is 21.7 Å². The van der Waals surface area contributed by atoms with Crippen LogP contribution in [0.2, 0.25) is 0 Å². The van der Waals surface area contributed by atoms with E-state index >= 15 is 0 Å². The summed E-state index contributed by atoms with van der Waals surface area (Å²) in [5, 5.41) is 25.9. The number of fused-ring (bicyclic) bond motifs is 3. The van der Waals surface area contributed by atoms with E-state index in [-0.39, 0.29) is 18.9 Å². The molecule has 3 atom stereocenters. The maximum atomic E-state index is 12.8. The average molecular weight is 527 g/mol. The number of hydrogen-bond donors (Lipinski definition) is 6. The first-order valence-corrected chi connectivity index (χ1v) is 12.5. The molecule has 7 N–H and O–H groups in total. The second-order valence-corrected chi connectivity index (χ2v) is 9.12. The van der Waals surface area contributed by atoms with Crippen LogP contribution in [0.3, 0.4) is 0 Å². The zero-order chi connectivity index (χ0) is 27.7. The van der Waals surface area contributed by atoms with Crippen molar-refractivity contribution >= 4 is 23.9 Å². The first-order valence-electron chi connectivity index (χ1n) is 12.5. The van der Waals surface area contributed by atoms with Gasteiger partial charge in [-0.25, -0.2) is 4.79 Å². The Morgan fingerprint density at radius 2 is 1.47 bits per heavy atom. The molecule has 38 heavy (non-hydrogen) atoms. The Kier molecular flexibility index (Phi) is 10.2. The predicted molar refractivity (Wildman–Crippen MR) is 139 cm³/mol. The molecule has 3 amide bonds. The summed E-state index contributed by atoms with van der Waals surface area (Å²) in [5.41, 5.74) is 9.70. The van der Waals surface area contributed by atoms with E-state index in [2.05, 4.69) is 16.0 Å². The summed E-state index contributed by atoms with van der Waals surface area (Å²) in [5.74, 6) is -2.91. The number of carboxylic acid groups (broad SMARTS) is 1. The monoisotopic (exact) mass is 526 g/mol. The van der Waals surface area contributed by atoms with Crippen LogP contribution in [-0.4, -0.2) is 72.0 Å². The van der Waals surface area contributed by atoms with E-state index in [0.29, 0.717) is 19.4 Å². The molecule has 3 rings (SSSR count). The van der Waals surface area contributed by atoms with Crippen molar-refractivity contribution in [2.45, 2.75) is 50.2 Å². The molecule has 1 aliphatic rings. The Hall–Kier alpha value is -3.96. The third-order valence-electron chi connectivity index (χ3n) is 6.44. The second kappa shape index (κ2) is 13.5. The van der Waals surface area contributed by atoms with Gasteiger partial charge in [-0.3, -0.25) is 14.4 Å². The van der Waals surface area contributed by atoms with Gasteiger partial charge in [0.05, 0.1) is 6.61 Å². The van der Waals surface area contributed by atoms with Gasteiger partial charge in [0.1, 0.15) is 24.7 Å². The summed E-state index contributed by atoms with van der Waals surface area (Å²) in [4.78, 5) is 49.0. The molecular formula is C27H34N4O7. The van der Waals surface area contributed by atoms with Crippen molar-refractivity contribution in [2.24, 2.45) is 5.73 Å². The summed E-state index contributed by atoms with van der Waals surface area (Å²) < 4.78 is 5.43. The lowest BCUT2D eigenvalue weighted by molar-refractivity contribution is -0.141. The molecule has 0 heterocycles. The van der Waals surface area contributed by atoms with Gasteiger partial charge in [0, 0.05) is 5.92 Å². The molecule has 0 saturated heterocycles. The number of benzene rings is 2. The van der Waals surface area contributed by atoms with E-state index in [0.717, 1.165) is 22.3 Å². The molecule has 0 radical (unpaired) electrons. The third kappa shape index (κ3) is 7.08. The fourth-order valence-corrected chi connectivity index (χ4v) is 4.39. The van der Waals surface area contributed by atoms with Gasteiger partial charge in [0.15, 0.2) is 0 Å². The van der Waals surface area contributed by atoms with Crippen LogP contribution in [0.5, 0.6) is 0 Å². The standard InChI is InChI=1S/C27H34N4O7/c1-16(26(35)36)29-24(33)22(12-6-7-13-28)30-25(34)23(14-32)31-27(37)38-15-21-19-10-4-2-8-17(19)18-9-3-5-11-20(18)21/h2-5,8-11,16,21-23,32H,6-7,12-15,28H2,1H3,(H,29,33)(H,30,34)(H,31,37)(H,35,36)/t16-,22-,23-/m0/s1. The smallest absolute Gasteiger partial charge is 0.407 e. The van der Waals surface area contributed by atoms with Gasteiger partial charge in [-0.1, -0.05) is 48.5 Å². The van der Waals surface area contributed by atoms with Crippen molar-refractivity contribution in [2.75, 3.05) is 19.8 Å². The number of aliphatic hydroxyl groups excluding tert-OH is 1. The van der Waals surface area contributed by atoms with Crippen molar-refractivity contribution < 1.29 is 34.1 Å². The van der Waals surface area contributed by atoms with E-state index in [1.165, 1.54) is 6.92 Å². The summed E-state index contributed by atoms with van der Waals surface area (Å²) in [7, 11) is 0. The van der Waals surface area contributed by atoms with Crippen LogP contribution in [0.25, 0.3) is 11.1 Å². The Morgan fingerprint density at radius 3 is 2.03 bits per heavy atom. The molecule has 2 aromatic rings. The maximum absolute atomic E-state index is 12.8. The van der Waals surface area contributed by atoms with Crippen LogP contribution >= 0.6 is 0 Å². The van der Waals surface area contributed by atoms with E-state index in [1.807, 2.05) is 48.5 Å². The number of amides is 3. The van der Waals surface area contributed by atoms with Crippen LogP contribution in [0.4, 0.5) is 4.79 Å². The molecule has 0 saturated carbocycles. The van der Waals surface area contributed by atoms with Gasteiger partial charge < -0.3 is 36.6 Å². The molecule has 11 heteroatoms. The van der Waals surface area contributed by atoms with Gasteiger partial charge in [-0.15, -0.1) is 0 Å². The van der Waals surface area contributed by atoms with Crippen molar-refractivity contribution in [3.8, 4) is 11.1 Å². The lowest BCUT2D eigenvalue weighted by atomic mass is 9.98. The Morgan fingerprint density at radius 1 is 0.895 bits per heavy atom. The van der Waals surface area contributed by atoms with Gasteiger partial charge >= 0.3 is 12.1 Å². The van der Waals surface area contributed by atoms with Gasteiger partial charge in [0.25, 0.3) is 0 Å². The highest BCUT2D eigenvalue weighted by Crippen LogP contribution is 2.44. The molecule has 0 aliphatic heterocycles. The molecular weight excluding hydrogens is 492 g/mol. The SMILES string of the molecule is C[C@H](NC(=O)[C@H](CCCCN)NC(=O)[C@H](CO)NC(=O)OCC1c2ccccc2-c2ccccc21)C(=O)O. The van der Waals surface area contributed by atoms with E-state index in [4.69, 9.17) is 15.6 Å². The van der Waals surface area contributed by atoms with E-state index < -0.39 is 48.6 Å².